The molecule has 2 rings (SSSR count). The van der Waals surface area contributed by atoms with E-state index in [-0.39, 0.29) is 5.56 Å². The number of fused-ring (bicyclic) bond motifs is 1. The quantitative estimate of drug-likeness (QED) is 0.862. The van der Waals surface area contributed by atoms with Gasteiger partial charge in [0.05, 0.1) is 11.1 Å². The summed E-state index contributed by atoms with van der Waals surface area (Å²) < 4.78 is 2.22. The SMILES string of the molecule is CCc1nc2c(C(=O)O)cccc2n1C(C)CC(C)CC. The fraction of sp³-hybridized carbons (Fsp3) is 0.529. The molecule has 1 aromatic heterocycles. The van der Waals surface area contributed by atoms with E-state index in [9.17, 15) is 9.90 Å². The first-order valence-electron chi connectivity index (χ1n) is 7.72. The maximum absolute atomic E-state index is 11.4. The molecule has 4 nitrogen and oxygen atoms in total. The molecule has 0 aliphatic heterocycles. The number of nitrogens with zero attached hydrogens (tertiary/aromatic N) is 2. The number of carbonyl (C=O) groups is 1. The van der Waals surface area contributed by atoms with Gasteiger partial charge in [-0.3, -0.25) is 0 Å². The highest BCUT2D eigenvalue weighted by Crippen LogP contribution is 2.28. The van der Waals surface area contributed by atoms with Crippen LogP contribution in [0.1, 0.15) is 62.8 Å². The minimum absolute atomic E-state index is 0.289. The molecule has 21 heavy (non-hydrogen) atoms. The summed E-state index contributed by atoms with van der Waals surface area (Å²) in [4.78, 5) is 16.0. The van der Waals surface area contributed by atoms with Gasteiger partial charge in [-0.2, -0.15) is 0 Å². The number of hydrogen-bond donors (Lipinski definition) is 1. The number of imidazole rings is 1. The van der Waals surface area contributed by atoms with E-state index in [1.165, 1.54) is 0 Å². The Labute approximate surface area is 125 Å². The van der Waals surface area contributed by atoms with E-state index in [4.69, 9.17) is 0 Å². The van der Waals surface area contributed by atoms with Crippen LogP contribution >= 0.6 is 0 Å². The molecular formula is C17H24N2O2. The van der Waals surface area contributed by atoms with Gasteiger partial charge in [0.25, 0.3) is 0 Å². The van der Waals surface area contributed by atoms with Crippen molar-refractivity contribution in [2.24, 2.45) is 5.92 Å². The Balaban J connectivity index is 2.56. The van der Waals surface area contributed by atoms with Gasteiger partial charge in [0, 0.05) is 12.5 Å². The van der Waals surface area contributed by atoms with Crippen molar-refractivity contribution in [2.75, 3.05) is 0 Å². The van der Waals surface area contributed by atoms with Gasteiger partial charge >= 0.3 is 5.97 Å². The average Bonchev–Trinajstić information content (AvgIpc) is 2.84. The average molecular weight is 288 g/mol. The van der Waals surface area contributed by atoms with Crippen molar-refractivity contribution in [3.8, 4) is 0 Å². The molecule has 1 N–H and O–H groups in total. The van der Waals surface area contributed by atoms with Crippen LogP contribution in [0.3, 0.4) is 0 Å². The number of para-hydroxylation sites is 1. The zero-order valence-corrected chi connectivity index (χ0v) is 13.3. The molecule has 0 aliphatic rings. The summed E-state index contributed by atoms with van der Waals surface area (Å²) in [6.45, 7) is 8.71. The molecule has 2 aromatic rings. The van der Waals surface area contributed by atoms with Gasteiger partial charge in [0.2, 0.25) is 0 Å². The molecule has 0 amide bonds. The van der Waals surface area contributed by atoms with Crippen molar-refractivity contribution >= 4 is 17.0 Å². The minimum atomic E-state index is -0.914. The lowest BCUT2D eigenvalue weighted by Crippen LogP contribution is -2.12. The zero-order valence-electron chi connectivity index (χ0n) is 13.3. The highest BCUT2D eigenvalue weighted by molar-refractivity contribution is 6.01. The number of benzene rings is 1. The van der Waals surface area contributed by atoms with Crippen LogP contribution in [-0.4, -0.2) is 20.6 Å². The molecule has 0 saturated carbocycles. The molecule has 114 valence electrons. The van der Waals surface area contributed by atoms with Gasteiger partial charge in [-0.25, -0.2) is 9.78 Å². The third-order valence-electron chi connectivity index (χ3n) is 4.22. The summed E-state index contributed by atoms with van der Waals surface area (Å²) in [7, 11) is 0. The monoisotopic (exact) mass is 288 g/mol. The molecule has 0 spiro atoms. The lowest BCUT2D eigenvalue weighted by Gasteiger charge is -2.20. The van der Waals surface area contributed by atoms with Gasteiger partial charge < -0.3 is 9.67 Å². The second kappa shape index (κ2) is 6.29. The van der Waals surface area contributed by atoms with E-state index in [0.29, 0.717) is 17.5 Å². The first-order valence-corrected chi connectivity index (χ1v) is 7.72. The number of carboxylic acids is 1. The molecule has 0 aliphatic carbocycles. The highest BCUT2D eigenvalue weighted by Gasteiger charge is 2.20. The summed E-state index contributed by atoms with van der Waals surface area (Å²) in [5.41, 5.74) is 1.83. The molecule has 0 fully saturated rings. The lowest BCUT2D eigenvalue weighted by atomic mass is 10.00. The molecule has 0 saturated heterocycles. The maximum atomic E-state index is 11.4. The van der Waals surface area contributed by atoms with Crippen LogP contribution in [0.15, 0.2) is 18.2 Å². The Bertz CT molecular complexity index is 646. The topological polar surface area (TPSA) is 55.1 Å². The predicted octanol–water partition coefficient (Wildman–Crippen LogP) is 4.29. The summed E-state index contributed by atoms with van der Waals surface area (Å²) in [5.74, 6) is 0.696. The van der Waals surface area contributed by atoms with Gasteiger partial charge in [-0.15, -0.1) is 0 Å². The van der Waals surface area contributed by atoms with Gasteiger partial charge in [0.15, 0.2) is 0 Å². The Morgan fingerprint density at radius 2 is 2.05 bits per heavy atom. The van der Waals surface area contributed by atoms with E-state index < -0.39 is 5.97 Å². The lowest BCUT2D eigenvalue weighted by molar-refractivity contribution is 0.0699. The molecule has 0 bridgehead atoms. The van der Waals surface area contributed by atoms with Crippen molar-refractivity contribution in [2.45, 2.75) is 53.0 Å². The summed E-state index contributed by atoms with van der Waals surface area (Å²) >= 11 is 0. The normalized spacial score (nSPS) is 14.3. The maximum Gasteiger partial charge on any atom is 0.337 e. The van der Waals surface area contributed by atoms with Crippen molar-refractivity contribution in [3.63, 3.8) is 0 Å². The van der Waals surface area contributed by atoms with E-state index in [1.54, 1.807) is 12.1 Å². The second-order valence-electron chi connectivity index (χ2n) is 5.83. The first-order chi connectivity index (χ1) is 9.99. The number of rotatable bonds is 6. The summed E-state index contributed by atoms with van der Waals surface area (Å²) in [5, 5.41) is 9.33. The first kappa shape index (κ1) is 15.5. The standard InChI is InChI=1S/C17H24N2O2/c1-5-11(3)10-12(4)19-14-9-7-8-13(17(20)21)16(14)18-15(19)6-2/h7-9,11-12H,5-6,10H2,1-4H3,(H,20,21). The Kier molecular flexibility index (Phi) is 4.66. The van der Waals surface area contributed by atoms with E-state index in [2.05, 4.69) is 37.2 Å². The van der Waals surface area contributed by atoms with Crippen LogP contribution in [0.2, 0.25) is 0 Å². The van der Waals surface area contributed by atoms with Crippen LogP contribution in [0.5, 0.6) is 0 Å². The van der Waals surface area contributed by atoms with Crippen LogP contribution in [0, 0.1) is 5.92 Å². The molecule has 2 atom stereocenters. The highest BCUT2D eigenvalue weighted by atomic mass is 16.4. The van der Waals surface area contributed by atoms with Crippen LogP contribution in [0.25, 0.3) is 11.0 Å². The van der Waals surface area contributed by atoms with Crippen molar-refractivity contribution < 1.29 is 9.90 Å². The van der Waals surface area contributed by atoms with E-state index in [1.807, 2.05) is 6.07 Å². The zero-order chi connectivity index (χ0) is 15.6. The van der Waals surface area contributed by atoms with E-state index in [0.717, 1.165) is 30.6 Å². The van der Waals surface area contributed by atoms with Crippen LogP contribution in [0.4, 0.5) is 0 Å². The van der Waals surface area contributed by atoms with Crippen molar-refractivity contribution in [1.82, 2.24) is 9.55 Å². The van der Waals surface area contributed by atoms with Crippen LogP contribution in [-0.2, 0) is 6.42 Å². The smallest absolute Gasteiger partial charge is 0.337 e. The van der Waals surface area contributed by atoms with Crippen molar-refractivity contribution in [1.29, 1.82) is 0 Å². The van der Waals surface area contributed by atoms with Crippen LogP contribution < -0.4 is 0 Å². The van der Waals surface area contributed by atoms with Crippen molar-refractivity contribution in [3.05, 3.63) is 29.6 Å². The fourth-order valence-corrected chi connectivity index (χ4v) is 2.93. The molecule has 2 unspecified atom stereocenters. The Hall–Kier alpha value is -1.84. The fourth-order valence-electron chi connectivity index (χ4n) is 2.93. The van der Waals surface area contributed by atoms with Gasteiger partial charge in [0.1, 0.15) is 11.3 Å². The Morgan fingerprint density at radius 1 is 1.33 bits per heavy atom. The number of aromatic nitrogens is 2. The minimum Gasteiger partial charge on any atom is -0.478 e. The van der Waals surface area contributed by atoms with Gasteiger partial charge in [-0.05, 0) is 31.4 Å². The Morgan fingerprint density at radius 3 is 2.62 bits per heavy atom. The molecule has 4 heteroatoms. The summed E-state index contributed by atoms with van der Waals surface area (Å²) in [6.07, 6.45) is 3.03. The summed E-state index contributed by atoms with van der Waals surface area (Å²) in [6, 6.07) is 5.73. The number of carboxylic acid groups (broad SMARTS) is 1. The molecule has 0 radical (unpaired) electrons. The second-order valence-corrected chi connectivity index (χ2v) is 5.83. The predicted molar refractivity (Wildman–Crippen MR) is 84.9 cm³/mol. The third-order valence-corrected chi connectivity index (χ3v) is 4.22. The molecule has 1 heterocycles. The van der Waals surface area contributed by atoms with Gasteiger partial charge in [-0.1, -0.05) is 33.3 Å². The van der Waals surface area contributed by atoms with E-state index >= 15 is 0 Å². The molecular weight excluding hydrogens is 264 g/mol. The number of hydrogen-bond acceptors (Lipinski definition) is 2. The largest absolute Gasteiger partial charge is 0.478 e. The number of aromatic carboxylic acids is 1. The third kappa shape index (κ3) is 2.94. The number of aryl methyl sites for hydroxylation is 1. The molecule has 1 aromatic carbocycles.